The first kappa shape index (κ1) is 19.5. The van der Waals surface area contributed by atoms with E-state index in [9.17, 15) is 0 Å². The Balaban J connectivity index is 0.000000713. The molecule has 0 amide bonds. The number of methoxy groups -OCH3 is 2. The van der Waals surface area contributed by atoms with E-state index in [1.54, 1.807) is 13.2 Å². The largest absolute Gasteiger partial charge is 0.497 e. The molecular weight excluding hydrogens is 262 g/mol. The Bertz CT molecular complexity index is 417. The van der Waals surface area contributed by atoms with E-state index in [4.69, 9.17) is 14.7 Å². The van der Waals surface area contributed by atoms with Crippen LogP contribution < -0.4 is 4.74 Å². The smallest absolute Gasteiger partial charge is 0.119 e. The van der Waals surface area contributed by atoms with Crippen molar-refractivity contribution in [2.24, 2.45) is 0 Å². The quantitative estimate of drug-likeness (QED) is 0.782. The summed E-state index contributed by atoms with van der Waals surface area (Å²) in [5.41, 5.74) is 1.18. The van der Waals surface area contributed by atoms with Gasteiger partial charge < -0.3 is 9.47 Å². The van der Waals surface area contributed by atoms with Crippen LogP contribution in [-0.4, -0.2) is 14.2 Å². The van der Waals surface area contributed by atoms with E-state index in [1.165, 1.54) is 31.7 Å². The summed E-state index contributed by atoms with van der Waals surface area (Å²) in [5, 5.41) is 7.32. The molecule has 0 aliphatic heterocycles. The molecule has 1 saturated carbocycles. The highest BCUT2D eigenvalue weighted by molar-refractivity contribution is 5.32. The molecule has 0 aromatic heterocycles. The van der Waals surface area contributed by atoms with E-state index in [0.717, 1.165) is 18.6 Å². The van der Waals surface area contributed by atoms with Crippen LogP contribution in [0.1, 0.15) is 58.4 Å². The predicted octanol–water partition coefficient (Wildman–Crippen LogP) is 5.06. The van der Waals surface area contributed by atoms with Gasteiger partial charge in [-0.3, -0.25) is 0 Å². The number of benzene rings is 1. The number of hydrogen-bond acceptors (Lipinski definition) is 3. The van der Waals surface area contributed by atoms with Gasteiger partial charge in [-0.05, 0) is 30.5 Å². The summed E-state index contributed by atoms with van der Waals surface area (Å²) in [4.78, 5) is 0. The second-order valence-corrected chi connectivity index (χ2v) is 4.71. The van der Waals surface area contributed by atoms with E-state index < -0.39 is 0 Å². The Morgan fingerprint density at radius 1 is 1.10 bits per heavy atom. The van der Waals surface area contributed by atoms with Gasteiger partial charge in [0.15, 0.2) is 0 Å². The molecule has 118 valence electrons. The maximum absolute atomic E-state index is 7.32. The van der Waals surface area contributed by atoms with Gasteiger partial charge in [-0.1, -0.05) is 45.2 Å². The fourth-order valence-corrected chi connectivity index (χ4v) is 2.64. The fraction of sp³-hybridized carbons (Fsp3) is 0.611. The molecule has 3 nitrogen and oxygen atoms in total. The number of hydrogen-bond donors (Lipinski definition) is 0. The standard InChI is InChI=1S/C14H20O2.C2H3N.C2H6/c1-15-13-8-6-7-12(11-13)14(16-2)9-4-3-5-10-14;1-2-3;1-2/h6-8,11H,3-5,9-10H2,1-2H3;1H3;1-2H3. The third-order valence-corrected chi connectivity index (χ3v) is 3.65. The van der Waals surface area contributed by atoms with E-state index in [2.05, 4.69) is 12.1 Å². The highest BCUT2D eigenvalue weighted by atomic mass is 16.5. The number of ether oxygens (including phenoxy) is 2. The van der Waals surface area contributed by atoms with Crippen LogP contribution in [-0.2, 0) is 10.3 Å². The lowest BCUT2D eigenvalue weighted by atomic mass is 9.79. The van der Waals surface area contributed by atoms with Crippen LogP contribution in [0.15, 0.2) is 24.3 Å². The van der Waals surface area contributed by atoms with Gasteiger partial charge in [0.25, 0.3) is 0 Å². The molecule has 1 aromatic carbocycles. The minimum absolute atomic E-state index is 0.0766. The highest BCUT2D eigenvalue weighted by Gasteiger charge is 2.33. The molecule has 1 aliphatic carbocycles. The Labute approximate surface area is 129 Å². The van der Waals surface area contributed by atoms with E-state index in [0.29, 0.717) is 0 Å². The van der Waals surface area contributed by atoms with Crippen LogP contribution in [0.4, 0.5) is 0 Å². The Kier molecular flexibility index (Phi) is 10.4. The second-order valence-electron chi connectivity index (χ2n) is 4.71. The van der Waals surface area contributed by atoms with E-state index in [1.807, 2.05) is 33.1 Å². The summed E-state index contributed by atoms with van der Waals surface area (Å²) in [7, 11) is 3.53. The first-order valence-electron chi connectivity index (χ1n) is 7.73. The maximum atomic E-state index is 7.32. The fourth-order valence-electron chi connectivity index (χ4n) is 2.64. The minimum Gasteiger partial charge on any atom is -0.497 e. The molecule has 0 spiro atoms. The lowest BCUT2D eigenvalue weighted by molar-refractivity contribution is -0.0446. The third kappa shape index (κ3) is 5.77. The second kappa shape index (κ2) is 11.2. The predicted molar refractivity (Wildman–Crippen MR) is 87.4 cm³/mol. The van der Waals surface area contributed by atoms with Crippen LogP contribution in [0.25, 0.3) is 0 Å². The monoisotopic (exact) mass is 291 g/mol. The molecule has 21 heavy (non-hydrogen) atoms. The summed E-state index contributed by atoms with van der Waals surface area (Å²) in [6.45, 7) is 5.43. The van der Waals surface area contributed by atoms with Gasteiger partial charge in [-0.2, -0.15) is 5.26 Å². The van der Waals surface area contributed by atoms with Crippen LogP contribution >= 0.6 is 0 Å². The topological polar surface area (TPSA) is 42.2 Å². The van der Waals surface area contributed by atoms with Crippen LogP contribution in [0.5, 0.6) is 5.75 Å². The molecular formula is C18H29NO2. The Morgan fingerprint density at radius 3 is 2.14 bits per heavy atom. The zero-order valence-electron chi connectivity index (χ0n) is 14.1. The van der Waals surface area contributed by atoms with Crippen molar-refractivity contribution in [2.75, 3.05) is 14.2 Å². The molecule has 1 aliphatic rings. The first-order chi connectivity index (χ1) is 10.2. The summed E-state index contributed by atoms with van der Waals surface area (Å²) in [6, 6.07) is 10.0. The normalized spacial score (nSPS) is 15.4. The molecule has 0 unspecified atom stereocenters. The molecule has 2 rings (SSSR count). The van der Waals surface area contributed by atoms with Crippen molar-refractivity contribution in [3.05, 3.63) is 29.8 Å². The average Bonchev–Trinajstić information content (AvgIpc) is 2.58. The molecule has 1 aromatic rings. The van der Waals surface area contributed by atoms with Crippen molar-refractivity contribution in [3.8, 4) is 11.8 Å². The molecule has 0 N–H and O–H groups in total. The van der Waals surface area contributed by atoms with Gasteiger partial charge in [0, 0.05) is 14.0 Å². The summed E-state index contributed by atoms with van der Waals surface area (Å²) in [5.74, 6) is 0.916. The Hall–Kier alpha value is -1.53. The van der Waals surface area contributed by atoms with Gasteiger partial charge in [0.1, 0.15) is 5.75 Å². The van der Waals surface area contributed by atoms with Crippen LogP contribution in [0.3, 0.4) is 0 Å². The summed E-state index contributed by atoms with van der Waals surface area (Å²) < 4.78 is 11.1. The van der Waals surface area contributed by atoms with Crippen molar-refractivity contribution in [1.29, 1.82) is 5.26 Å². The highest BCUT2D eigenvalue weighted by Crippen LogP contribution is 2.40. The van der Waals surface area contributed by atoms with Gasteiger partial charge in [-0.25, -0.2) is 0 Å². The molecule has 0 bridgehead atoms. The van der Waals surface area contributed by atoms with Gasteiger partial charge in [0.05, 0.1) is 18.8 Å². The third-order valence-electron chi connectivity index (χ3n) is 3.65. The van der Waals surface area contributed by atoms with Gasteiger partial charge in [0.2, 0.25) is 0 Å². The average molecular weight is 291 g/mol. The minimum atomic E-state index is -0.0766. The number of rotatable bonds is 3. The lowest BCUT2D eigenvalue weighted by Gasteiger charge is -2.36. The van der Waals surface area contributed by atoms with Crippen molar-refractivity contribution in [2.45, 2.75) is 58.5 Å². The van der Waals surface area contributed by atoms with Gasteiger partial charge in [-0.15, -0.1) is 0 Å². The van der Waals surface area contributed by atoms with Crippen LogP contribution in [0, 0.1) is 11.3 Å². The Morgan fingerprint density at radius 2 is 1.67 bits per heavy atom. The molecule has 0 radical (unpaired) electrons. The number of nitrogens with zero attached hydrogens (tertiary/aromatic N) is 1. The molecule has 1 fully saturated rings. The zero-order valence-corrected chi connectivity index (χ0v) is 14.1. The SMILES string of the molecule is CC.CC#N.COc1cccc(C2(OC)CCCCC2)c1. The molecule has 3 heteroatoms. The summed E-state index contributed by atoms with van der Waals surface area (Å²) in [6.07, 6.45) is 6.08. The van der Waals surface area contributed by atoms with Gasteiger partial charge >= 0.3 is 0 Å². The summed E-state index contributed by atoms with van der Waals surface area (Å²) >= 11 is 0. The molecule has 0 atom stereocenters. The number of nitriles is 1. The van der Waals surface area contributed by atoms with E-state index in [-0.39, 0.29) is 5.60 Å². The van der Waals surface area contributed by atoms with Crippen molar-refractivity contribution < 1.29 is 9.47 Å². The lowest BCUT2D eigenvalue weighted by Crippen LogP contribution is -2.31. The van der Waals surface area contributed by atoms with E-state index >= 15 is 0 Å². The van der Waals surface area contributed by atoms with Crippen LogP contribution in [0.2, 0.25) is 0 Å². The van der Waals surface area contributed by atoms with Crippen molar-refractivity contribution in [3.63, 3.8) is 0 Å². The molecule has 0 heterocycles. The van der Waals surface area contributed by atoms with Crippen molar-refractivity contribution >= 4 is 0 Å². The first-order valence-corrected chi connectivity index (χ1v) is 7.73. The molecule has 0 saturated heterocycles. The maximum Gasteiger partial charge on any atom is 0.119 e. The zero-order chi connectivity index (χ0) is 16.1. The van der Waals surface area contributed by atoms with Crippen molar-refractivity contribution in [1.82, 2.24) is 0 Å².